The Morgan fingerprint density at radius 2 is 1.62 bits per heavy atom. The van der Waals surface area contributed by atoms with Gasteiger partial charge in [0, 0.05) is 10.5 Å². The molecule has 1 aliphatic heterocycles. The molecular formula is C13H15BClF3O3. The molecule has 8 heteroatoms. The quantitative estimate of drug-likeness (QED) is 0.780. The molecule has 1 aliphatic rings. The molecule has 2 rings (SSSR count). The Labute approximate surface area is 126 Å². The van der Waals surface area contributed by atoms with Crippen LogP contribution in [-0.4, -0.2) is 24.7 Å². The predicted molar refractivity (Wildman–Crippen MR) is 73.9 cm³/mol. The van der Waals surface area contributed by atoms with Gasteiger partial charge in [-0.1, -0.05) is 11.6 Å². The van der Waals surface area contributed by atoms with E-state index in [2.05, 4.69) is 4.74 Å². The van der Waals surface area contributed by atoms with E-state index in [4.69, 9.17) is 20.9 Å². The first-order valence-electron chi connectivity index (χ1n) is 6.32. The van der Waals surface area contributed by atoms with Gasteiger partial charge in [-0.3, -0.25) is 0 Å². The Morgan fingerprint density at radius 3 is 2.10 bits per heavy atom. The van der Waals surface area contributed by atoms with E-state index in [-0.39, 0.29) is 10.8 Å². The monoisotopic (exact) mass is 322 g/mol. The fourth-order valence-electron chi connectivity index (χ4n) is 1.87. The van der Waals surface area contributed by atoms with Crippen LogP contribution in [0.5, 0.6) is 5.75 Å². The molecule has 0 bridgehead atoms. The van der Waals surface area contributed by atoms with Crippen LogP contribution >= 0.6 is 11.6 Å². The number of rotatable bonds is 2. The van der Waals surface area contributed by atoms with Crippen LogP contribution in [0.15, 0.2) is 18.2 Å². The molecule has 1 aromatic carbocycles. The summed E-state index contributed by atoms with van der Waals surface area (Å²) >= 11 is 6.04. The second kappa shape index (κ2) is 5.07. The van der Waals surface area contributed by atoms with Crippen LogP contribution in [0.2, 0.25) is 5.02 Å². The van der Waals surface area contributed by atoms with Gasteiger partial charge in [0.2, 0.25) is 0 Å². The van der Waals surface area contributed by atoms with Gasteiger partial charge in [-0.05, 0) is 45.9 Å². The molecule has 0 aromatic heterocycles. The van der Waals surface area contributed by atoms with Gasteiger partial charge in [0.05, 0.1) is 11.2 Å². The SMILES string of the molecule is CC1(C)OB(c2cc(OC(F)(F)F)ccc2Cl)OC1(C)C. The lowest BCUT2D eigenvalue weighted by atomic mass is 9.79. The van der Waals surface area contributed by atoms with Crippen molar-refractivity contribution in [3.63, 3.8) is 0 Å². The summed E-state index contributed by atoms with van der Waals surface area (Å²) in [6.45, 7) is 7.38. The van der Waals surface area contributed by atoms with Crippen LogP contribution in [0, 0.1) is 0 Å². The van der Waals surface area contributed by atoms with Crippen LogP contribution in [0.25, 0.3) is 0 Å². The summed E-state index contributed by atoms with van der Waals surface area (Å²) in [7, 11) is -0.848. The maximum Gasteiger partial charge on any atom is 0.573 e. The number of hydrogen-bond acceptors (Lipinski definition) is 3. The lowest BCUT2D eigenvalue weighted by Gasteiger charge is -2.32. The molecule has 0 unspecified atom stereocenters. The Hall–Kier alpha value is -0.915. The first-order chi connectivity index (χ1) is 9.41. The van der Waals surface area contributed by atoms with Crippen molar-refractivity contribution in [1.82, 2.24) is 0 Å². The molecule has 1 aromatic rings. The van der Waals surface area contributed by atoms with Crippen molar-refractivity contribution in [1.29, 1.82) is 0 Å². The maximum atomic E-state index is 12.3. The van der Waals surface area contributed by atoms with Crippen molar-refractivity contribution in [2.45, 2.75) is 45.3 Å². The number of hydrogen-bond donors (Lipinski definition) is 0. The fraction of sp³-hybridized carbons (Fsp3) is 0.538. The molecule has 0 aliphatic carbocycles. The van der Waals surface area contributed by atoms with E-state index < -0.39 is 24.7 Å². The first kappa shape index (κ1) is 16.5. The molecule has 0 amide bonds. The second-order valence-corrected chi connectivity index (χ2v) is 6.23. The number of benzene rings is 1. The van der Waals surface area contributed by atoms with Crippen LogP contribution in [0.4, 0.5) is 13.2 Å². The van der Waals surface area contributed by atoms with Crippen LogP contribution in [0.3, 0.4) is 0 Å². The van der Waals surface area contributed by atoms with E-state index in [1.165, 1.54) is 12.1 Å². The molecule has 1 heterocycles. The average Bonchev–Trinajstić information content (AvgIpc) is 2.49. The summed E-state index contributed by atoms with van der Waals surface area (Å²) in [5, 5.41) is 0.253. The van der Waals surface area contributed by atoms with E-state index in [1.54, 1.807) is 0 Å². The van der Waals surface area contributed by atoms with E-state index in [0.717, 1.165) is 6.07 Å². The van der Waals surface area contributed by atoms with Gasteiger partial charge < -0.3 is 14.0 Å². The van der Waals surface area contributed by atoms with Gasteiger partial charge in [-0.25, -0.2) is 0 Å². The topological polar surface area (TPSA) is 27.7 Å². The Bertz CT molecular complexity index is 530. The maximum absolute atomic E-state index is 12.3. The Balaban J connectivity index is 2.31. The van der Waals surface area contributed by atoms with Crippen molar-refractivity contribution < 1.29 is 27.2 Å². The van der Waals surface area contributed by atoms with Crippen molar-refractivity contribution >= 4 is 24.2 Å². The van der Waals surface area contributed by atoms with Gasteiger partial charge in [0.1, 0.15) is 5.75 Å². The number of ether oxygens (including phenoxy) is 1. The summed E-state index contributed by atoms with van der Waals surface area (Å²) in [5.74, 6) is -0.364. The molecule has 3 nitrogen and oxygen atoms in total. The minimum Gasteiger partial charge on any atom is -0.406 e. The average molecular weight is 323 g/mol. The molecular weight excluding hydrogens is 307 g/mol. The van der Waals surface area contributed by atoms with Crippen LogP contribution in [0.1, 0.15) is 27.7 Å². The molecule has 0 atom stereocenters. The normalized spacial score (nSPS) is 20.7. The van der Waals surface area contributed by atoms with Crippen LogP contribution < -0.4 is 10.2 Å². The minimum absolute atomic E-state index is 0.253. The summed E-state index contributed by atoms with van der Waals surface area (Å²) < 4.78 is 52.3. The molecule has 21 heavy (non-hydrogen) atoms. The zero-order valence-corrected chi connectivity index (χ0v) is 12.8. The van der Waals surface area contributed by atoms with E-state index >= 15 is 0 Å². The lowest BCUT2D eigenvalue weighted by molar-refractivity contribution is -0.274. The third-order valence-electron chi connectivity index (χ3n) is 3.71. The Kier molecular flexibility index (Phi) is 3.97. The summed E-state index contributed by atoms with van der Waals surface area (Å²) in [6, 6.07) is 3.64. The van der Waals surface area contributed by atoms with Crippen molar-refractivity contribution in [2.24, 2.45) is 0 Å². The van der Waals surface area contributed by atoms with E-state index in [9.17, 15) is 13.2 Å². The zero-order chi connectivity index (χ0) is 16.1. The first-order valence-corrected chi connectivity index (χ1v) is 6.70. The van der Waals surface area contributed by atoms with E-state index in [1.807, 2.05) is 27.7 Å². The molecule has 1 saturated heterocycles. The van der Waals surface area contributed by atoms with Gasteiger partial charge in [-0.2, -0.15) is 0 Å². The van der Waals surface area contributed by atoms with E-state index in [0.29, 0.717) is 5.46 Å². The highest BCUT2D eigenvalue weighted by molar-refractivity contribution is 6.65. The smallest absolute Gasteiger partial charge is 0.406 e. The van der Waals surface area contributed by atoms with Crippen molar-refractivity contribution in [3.8, 4) is 5.75 Å². The summed E-state index contributed by atoms with van der Waals surface area (Å²) in [5.41, 5.74) is -0.916. The second-order valence-electron chi connectivity index (χ2n) is 5.82. The van der Waals surface area contributed by atoms with Crippen LogP contribution in [-0.2, 0) is 9.31 Å². The van der Waals surface area contributed by atoms with Crippen molar-refractivity contribution in [2.75, 3.05) is 0 Å². The van der Waals surface area contributed by atoms with Gasteiger partial charge in [0.25, 0.3) is 0 Å². The third-order valence-corrected chi connectivity index (χ3v) is 4.05. The lowest BCUT2D eigenvalue weighted by Crippen LogP contribution is -2.41. The summed E-state index contributed by atoms with van der Waals surface area (Å²) in [6.07, 6.45) is -4.76. The highest BCUT2D eigenvalue weighted by Gasteiger charge is 2.52. The fourth-order valence-corrected chi connectivity index (χ4v) is 2.08. The molecule has 0 spiro atoms. The molecule has 0 radical (unpaired) electrons. The Morgan fingerprint density at radius 1 is 1.10 bits per heavy atom. The predicted octanol–water partition coefficient (Wildman–Crippen LogP) is 3.54. The largest absolute Gasteiger partial charge is 0.573 e. The summed E-state index contributed by atoms with van der Waals surface area (Å²) in [4.78, 5) is 0. The highest BCUT2D eigenvalue weighted by atomic mass is 35.5. The zero-order valence-electron chi connectivity index (χ0n) is 12.0. The van der Waals surface area contributed by atoms with Crippen molar-refractivity contribution in [3.05, 3.63) is 23.2 Å². The van der Waals surface area contributed by atoms with Gasteiger partial charge >= 0.3 is 13.5 Å². The van der Waals surface area contributed by atoms with Gasteiger partial charge in [0.15, 0.2) is 0 Å². The molecule has 0 N–H and O–H groups in total. The minimum atomic E-state index is -4.76. The molecule has 0 saturated carbocycles. The molecule has 116 valence electrons. The standard InChI is InChI=1S/C13H15BClF3O3/c1-11(2)12(3,4)21-14(20-11)9-7-8(5-6-10(9)15)19-13(16,17)18/h5-7H,1-4H3. The molecule has 1 fully saturated rings. The third kappa shape index (κ3) is 3.47. The van der Waals surface area contributed by atoms with Gasteiger partial charge in [-0.15, -0.1) is 13.2 Å². The highest BCUT2D eigenvalue weighted by Crippen LogP contribution is 2.37. The number of halogens is 4. The number of alkyl halides is 3.